The largest absolute Gasteiger partial charge is 0.349 e. The van der Waals surface area contributed by atoms with Crippen molar-refractivity contribution in [1.29, 1.82) is 0 Å². The number of fused-ring (bicyclic) bond motifs is 1. The minimum Gasteiger partial charge on any atom is -0.349 e. The number of piperidine rings is 1. The Morgan fingerprint density at radius 3 is 2.69 bits per heavy atom. The van der Waals surface area contributed by atoms with E-state index in [1.165, 1.54) is 40.3 Å². The molecular formula is C19H29N3O3S. The van der Waals surface area contributed by atoms with Crippen LogP contribution < -0.4 is 5.32 Å². The molecule has 1 saturated heterocycles. The molecule has 7 heteroatoms. The van der Waals surface area contributed by atoms with Gasteiger partial charge in [0, 0.05) is 27.2 Å². The van der Waals surface area contributed by atoms with E-state index in [2.05, 4.69) is 23.5 Å². The maximum Gasteiger partial charge on any atom is 0.281 e. The van der Waals surface area contributed by atoms with Crippen LogP contribution in [0, 0.1) is 5.92 Å². The smallest absolute Gasteiger partial charge is 0.281 e. The van der Waals surface area contributed by atoms with Crippen LogP contribution in [0.4, 0.5) is 0 Å². The normalized spacial score (nSPS) is 22.2. The molecule has 1 aliphatic carbocycles. The fourth-order valence-corrected chi connectivity index (χ4v) is 5.06. The van der Waals surface area contributed by atoms with E-state index >= 15 is 0 Å². The summed E-state index contributed by atoms with van der Waals surface area (Å²) in [7, 11) is -0.422. The van der Waals surface area contributed by atoms with E-state index < -0.39 is 10.2 Å². The van der Waals surface area contributed by atoms with E-state index in [9.17, 15) is 13.2 Å². The van der Waals surface area contributed by atoms with Gasteiger partial charge in [0.25, 0.3) is 10.2 Å². The lowest BCUT2D eigenvalue weighted by atomic mass is 9.97. The zero-order valence-corrected chi connectivity index (χ0v) is 16.7. The number of rotatable bonds is 5. The lowest BCUT2D eigenvalue weighted by Crippen LogP contribution is -2.49. The molecule has 3 rings (SSSR count). The Labute approximate surface area is 156 Å². The van der Waals surface area contributed by atoms with E-state index in [4.69, 9.17) is 0 Å². The molecule has 0 spiro atoms. The number of amides is 1. The molecule has 1 heterocycles. The van der Waals surface area contributed by atoms with Gasteiger partial charge in [-0.2, -0.15) is 17.0 Å². The first-order chi connectivity index (χ1) is 12.3. The molecule has 26 heavy (non-hydrogen) atoms. The second-order valence-electron chi connectivity index (χ2n) is 7.60. The summed E-state index contributed by atoms with van der Waals surface area (Å²) in [6, 6.07) is 6.40. The Balaban J connectivity index is 1.64. The Morgan fingerprint density at radius 2 is 1.96 bits per heavy atom. The standard InChI is InChI=1S/C19H29N3O3S/c1-14(16-10-9-15-6-4-7-17(15)12-16)20-19(23)18-8-5-11-22(13-18)26(24,25)21(2)3/h9-10,12,14,18H,4-8,11,13H2,1-3H3,(H,20,23)/t14-,18-/m0/s1. The van der Waals surface area contributed by atoms with Crippen molar-refractivity contribution in [1.82, 2.24) is 13.9 Å². The number of nitrogens with zero attached hydrogens (tertiary/aromatic N) is 2. The monoisotopic (exact) mass is 379 g/mol. The van der Waals surface area contributed by atoms with Crippen LogP contribution in [0.15, 0.2) is 18.2 Å². The number of hydrogen-bond donors (Lipinski definition) is 1. The quantitative estimate of drug-likeness (QED) is 0.849. The molecule has 1 aromatic carbocycles. The third-order valence-electron chi connectivity index (χ3n) is 5.52. The molecule has 1 fully saturated rings. The van der Waals surface area contributed by atoms with Crippen LogP contribution in [-0.4, -0.2) is 50.1 Å². The third-order valence-corrected chi connectivity index (χ3v) is 7.43. The van der Waals surface area contributed by atoms with E-state index in [1.807, 2.05) is 6.92 Å². The molecular weight excluding hydrogens is 350 g/mol. The third kappa shape index (κ3) is 3.94. The van der Waals surface area contributed by atoms with Gasteiger partial charge in [-0.15, -0.1) is 0 Å². The zero-order chi connectivity index (χ0) is 18.9. The molecule has 144 valence electrons. The number of carbonyl (C=O) groups is 1. The Kier molecular flexibility index (Phi) is 5.69. The predicted octanol–water partition coefficient (Wildman–Crippen LogP) is 1.87. The van der Waals surface area contributed by atoms with E-state index in [-0.39, 0.29) is 24.4 Å². The van der Waals surface area contributed by atoms with Crippen LogP contribution >= 0.6 is 0 Å². The topological polar surface area (TPSA) is 69.7 Å². The van der Waals surface area contributed by atoms with Gasteiger partial charge in [0.1, 0.15) is 0 Å². The molecule has 2 atom stereocenters. The van der Waals surface area contributed by atoms with Crippen molar-refractivity contribution >= 4 is 16.1 Å². The first-order valence-electron chi connectivity index (χ1n) is 9.38. The fourth-order valence-electron chi connectivity index (χ4n) is 3.87. The average Bonchev–Trinajstić information content (AvgIpc) is 3.09. The van der Waals surface area contributed by atoms with Crippen LogP contribution in [0.3, 0.4) is 0 Å². The van der Waals surface area contributed by atoms with E-state index in [1.54, 1.807) is 0 Å². The lowest BCUT2D eigenvalue weighted by molar-refractivity contribution is -0.126. The highest BCUT2D eigenvalue weighted by molar-refractivity contribution is 7.86. The van der Waals surface area contributed by atoms with Crippen molar-refractivity contribution in [2.45, 2.75) is 45.1 Å². The molecule has 0 unspecified atom stereocenters. The van der Waals surface area contributed by atoms with Gasteiger partial charge >= 0.3 is 0 Å². The molecule has 1 amide bonds. The summed E-state index contributed by atoms with van der Waals surface area (Å²) in [4.78, 5) is 12.7. The van der Waals surface area contributed by atoms with Crippen LogP contribution in [-0.2, 0) is 27.8 Å². The predicted molar refractivity (Wildman–Crippen MR) is 102 cm³/mol. The Hall–Kier alpha value is -1.44. The maximum absolute atomic E-state index is 12.7. The highest BCUT2D eigenvalue weighted by atomic mass is 32.2. The fraction of sp³-hybridized carbons (Fsp3) is 0.632. The van der Waals surface area contributed by atoms with Crippen molar-refractivity contribution < 1.29 is 13.2 Å². The van der Waals surface area contributed by atoms with Gasteiger partial charge in [-0.25, -0.2) is 0 Å². The van der Waals surface area contributed by atoms with E-state index in [0.29, 0.717) is 13.0 Å². The van der Waals surface area contributed by atoms with Crippen molar-refractivity contribution in [2.24, 2.45) is 5.92 Å². The minimum absolute atomic E-state index is 0.0587. The molecule has 0 aromatic heterocycles. The summed E-state index contributed by atoms with van der Waals surface area (Å²) >= 11 is 0. The van der Waals surface area contributed by atoms with Gasteiger partial charge in [-0.1, -0.05) is 18.2 Å². The second-order valence-corrected chi connectivity index (χ2v) is 9.74. The summed E-state index contributed by atoms with van der Waals surface area (Å²) < 4.78 is 27.3. The SMILES string of the molecule is C[C@H](NC(=O)[C@H]1CCCN(S(=O)(=O)N(C)C)C1)c1ccc2c(c1)CCC2. The maximum atomic E-state index is 12.7. The van der Waals surface area contributed by atoms with Crippen LogP contribution in [0.1, 0.15) is 48.9 Å². The minimum atomic E-state index is -3.47. The first kappa shape index (κ1) is 19.3. The summed E-state index contributed by atoms with van der Waals surface area (Å²) in [5.74, 6) is -0.355. The van der Waals surface area contributed by atoms with Crippen LogP contribution in [0.2, 0.25) is 0 Å². The van der Waals surface area contributed by atoms with Gasteiger partial charge in [-0.05, 0) is 55.7 Å². The number of aryl methyl sites for hydroxylation is 2. The van der Waals surface area contributed by atoms with Gasteiger partial charge in [0.15, 0.2) is 0 Å². The van der Waals surface area contributed by atoms with Crippen molar-refractivity contribution in [3.05, 3.63) is 34.9 Å². The highest BCUT2D eigenvalue weighted by Crippen LogP contribution is 2.26. The highest BCUT2D eigenvalue weighted by Gasteiger charge is 2.33. The Morgan fingerprint density at radius 1 is 1.23 bits per heavy atom. The average molecular weight is 380 g/mol. The molecule has 0 radical (unpaired) electrons. The van der Waals surface area contributed by atoms with Gasteiger partial charge in [-0.3, -0.25) is 4.79 Å². The molecule has 0 saturated carbocycles. The second kappa shape index (κ2) is 7.66. The molecule has 0 bridgehead atoms. The summed E-state index contributed by atoms with van der Waals surface area (Å²) in [6.07, 6.45) is 4.90. The molecule has 1 aliphatic heterocycles. The van der Waals surface area contributed by atoms with E-state index in [0.717, 1.165) is 24.8 Å². The molecule has 2 aliphatic rings. The van der Waals surface area contributed by atoms with Crippen molar-refractivity contribution in [3.8, 4) is 0 Å². The summed E-state index contributed by atoms with van der Waals surface area (Å²) in [5, 5.41) is 3.08. The van der Waals surface area contributed by atoms with Gasteiger partial charge in [0.2, 0.25) is 5.91 Å². The van der Waals surface area contributed by atoms with Gasteiger partial charge < -0.3 is 5.32 Å². The van der Waals surface area contributed by atoms with Crippen LogP contribution in [0.5, 0.6) is 0 Å². The number of carbonyl (C=O) groups excluding carboxylic acids is 1. The van der Waals surface area contributed by atoms with Gasteiger partial charge in [0.05, 0.1) is 12.0 Å². The number of hydrogen-bond acceptors (Lipinski definition) is 3. The summed E-state index contributed by atoms with van der Waals surface area (Å²) in [5.41, 5.74) is 3.93. The molecule has 1 aromatic rings. The summed E-state index contributed by atoms with van der Waals surface area (Å²) in [6.45, 7) is 2.72. The molecule has 1 N–H and O–H groups in total. The Bertz CT molecular complexity index is 776. The zero-order valence-electron chi connectivity index (χ0n) is 15.9. The van der Waals surface area contributed by atoms with Crippen molar-refractivity contribution in [3.63, 3.8) is 0 Å². The molecule has 6 nitrogen and oxygen atoms in total. The van der Waals surface area contributed by atoms with Crippen LogP contribution in [0.25, 0.3) is 0 Å². The lowest BCUT2D eigenvalue weighted by Gasteiger charge is -2.33. The first-order valence-corrected chi connectivity index (χ1v) is 10.8. The number of nitrogens with one attached hydrogen (secondary N) is 1. The van der Waals surface area contributed by atoms with Crippen molar-refractivity contribution in [2.75, 3.05) is 27.2 Å². The number of benzene rings is 1.